The average Bonchev–Trinajstić information content (AvgIpc) is 3.53. The molecule has 238 valence electrons. The Morgan fingerprint density at radius 1 is 0.643 bits per heavy atom. The summed E-state index contributed by atoms with van der Waals surface area (Å²) in [6.07, 6.45) is 7.52. The highest BCUT2D eigenvalue weighted by Gasteiger charge is 2.15. The summed E-state index contributed by atoms with van der Waals surface area (Å²) in [5.74, 6) is 5.18. The van der Waals surface area contributed by atoms with Crippen LogP contribution < -0.4 is 16.0 Å². The van der Waals surface area contributed by atoms with Crippen LogP contribution in [0.1, 0.15) is 107 Å². The molecule has 3 N–H and O–H groups in total. The number of nitrogens with zero attached hydrogens (tertiary/aromatic N) is 5. The van der Waals surface area contributed by atoms with E-state index in [9.17, 15) is 0 Å². The maximum Gasteiger partial charge on any atom is 0.147 e. The Morgan fingerprint density at radius 3 is 1.52 bits per heavy atom. The zero-order valence-electron chi connectivity index (χ0n) is 28.8. The largest absolute Gasteiger partial charge is 0.370 e. The molecule has 0 aliphatic carbocycles. The molecule has 3 rings (SSSR count). The Balaban J connectivity index is 0.000000318. The molecular weight excluding hydrogens is 520 g/mol. The normalized spacial score (nSPS) is 11.3. The molecule has 0 aliphatic heterocycles. The lowest BCUT2D eigenvalue weighted by atomic mass is 9.92. The van der Waals surface area contributed by atoms with Crippen LogP contribution in [-0.4, -0.2) is 44.2 Å². The highest BCUT2D eigenvalue weighted by atomic mass is 15.3. The standard InChI is InChI=1S/C14H24N2.C11H21N3.C9H17N3/c1-11(2)9-10-15-13-8-6-7-12(16-13)14(3,4)5;1-9(2)5-7-12-11-6-8-14(13-11)10(3)4;1-8(2)4-6-10-9-5-7-12(3)11-9/h6-8,11H,9-10H2,1-5H3,(H,15,16);6,8-10H,5,7H2,1-4H3,(H,12,13);5,7-8H,4,6H2,1-3H3,(H,10,11). The van der Waals surface area contributed by atoms with E-state index in [-0.39, 0.29) is 5.41 Å². The van der Waals surface area contributed by atoms with Crippen molar-refractivity contribution >= 4 is 17.5 Å². The van der Waals surface area contributed by atoms with Crippen molar-refractivity contribution in [1.82, 2.24) is 24.5 Å². The number of hydrogen-bond acceptors (Lipinski definition) is 6. The monoisotopic (exact) mass is 583 g/mol. The van der Waals surface area contributed by atoms with E-state index in [0.717, 1.165) is 60.5 Å². The fraction of sp³-hybridized carbons (Fsp3) is 0.676. The molecule has 0 radical (unpaired) electrons. The van der Waals surface area contributed by atoms with Gasteiger partial charge in [-0.25, -0.2) is 4.98 Å². The second-order valence-electron chi connectivity index (χ2n) is 13.6. The molecule has 0 atom stereocenters. The third kappa shape index (κ3) is 17.0. The topological polar surface area (TPSA) is 84.6 Å². The number of rotatable bonds is 13. The number of hydrogen-bond donors (Lipinski definition) is 3. The molecule has 0 aromatic carbocycles. The molecule has 0 aliphatic rings. The van der Waals surface area contributed by atoms with E-state index in [0.29, 0.717) is 6.04 Å². The Labute approximate surface area is 257 Å². The fourth-order valence-corrected chi connectivity index (χ4v) is 3.65. The Kier molecular flexibility index (Phi) is 16.9. The summed E-state index contributed by atoms with van der Waals surface area (Å²) < 4.78 is 3.77. The predicted molar refractivity (Wildman–Crippen MR) is 183 cm³/mol. The van der Waals surface area contributed by atoms with Gasteiger partial charge in [0.2, 0.25) is 0 Å². The number of nitrogens with one attached hydrogen (secondary N) is 3. The van der Waals surface area contributed by atoms with Crippen LogP contribution in [0.4, 0.5) is 17.5 Å². The first-order chi connectivity index (χ1) is 19.7. The zero-order valence-corrected chi connectivity index (χ0v) is 28.8. The molecular formula is C34H62N8. The van der Waals surface area contributed by atoms with E-state index in [1.165, 1.54) is 19.3 Å². The van der Waals surface area contributed by atoms with Gasteiger partial charge >= 0.3 is 0 Å². The minimum absolute atomic E-state index is 0.121. The SMILES string of the molecule is CC(C)CCNc1cccc(C(C)(C)C)n1.CC(C)CCNc1ccn(C(C)C)n1.CC(C)CCNc1ccn(C)n1. The fourth-order valence-electron chi connectivity index (χ4n) is 3.65. The van der Waals surface area contributed by atoms with E-state index < -0.39 is 0 Å². The van der Waals surface area contributed by atoms with Crippen molar-refractivity contribution in [3.63, 3.8) is 0 Å². The lowest BCUT2D eigenvalue weighted by molar-refractivity contribution is 0.533. The second-order valence-corrected chi connectivity index (χ2v) is 13.6. The van der Waals surface area contributed by atoms with Crippen molar-refractivity contribution in [1.29, 1.82) is 0 Å². The van der Waals surface area contributed by atoms with Crippen LogP contribution in [0, 0.1) is 17.8 Å². The first kappa shape index (κ1) is 37.0. The van der Waals surface area contributed by atoms with Gasteiger partial charge in [0.25, 0.3) is 0 Å². The van der Waals surface area contributed by atoms with Crippen LogP contribution in [0.3, 0.4) is 0 Å². The van der Waals surface area contributed by atoms with Crippen molar-refractivity contribution in [2.75, 3.05) is 35.6 Å². The van der Waals surface area contributed by atoms with Gasteiger partial charge in [0.15, 0.2) is 0 Å². The number of anilines is 3. The smallest absolute Gasteiger partial charge is 0.147 e. The van der Waals surface area contributed by atoms with E-state index in [1.807, 2.05) is 42.3 Å². The first-order valence-corrected chi connectivity index (χ1v) is 15.9. The molecule has 0 fully saturated rings. The van der Waals surface area contributed by atoms with Gasteiger partial charge in [-0.15, -0.1) is 0 Å². The third-order valence-corrected chi connectivity index (χ3v) is 6.45. The van der Waals surface area contributed by atoms with Crippen LogP contribution >= 0.6 is 0 Å². The number of aromatic nitrogens is 5. The lowest BCUT2D eigenvalue weighted by Gasteiger charge is -2.18. The highest BCUT2D eigenvalue weighted by Crippen LogP contribution is 2.21. The molecule has 0 unspecified atom stereocenters. The van der Waals surface area contributed by atoms with E-state index in [1.54, 1.807) is 4.68 Å². The van der Waals surface area contributed by atoms with Gasteiger partial charge in [-0.3, -0.25) is 9.36 Å². The van der Waals surface area contributed by atoms with Crippen LogP contribution in [0.2, 0.25) is 0 Å². The van der Waals surface area contributed by atoms with Gasteiger partial charge in [-0.05, 0) is 63.0 Å². The molecule has 8 nitrogen and oxygen atoms in total. The first-order valence-electron chi connectivity index (χ1n) is 15.9. The quantitative estimate of drug-likeness (QED) is 0.187. The molecule has 0 amide bonds. The van der Waals surface area contributed by atoms with E-state index >= 15 is 0 Å². The van der Waals surface area contributed by atoms with Crippen LogP contribution in [-0.2, 0) is 12.5 Å². The maximum absolute atomic E-state index is 4.63. The second kappa shape index (κ2) is 19.2. The predicted octanol–water partition coefficient (Wildman–Crippen LogP) is 8.64. The van der Waals surface area contributed by atoms with Gasteiger partial charge in [0, 0.05) is 68.4 Å². The van der Waals surface area contributed by atoms with Crippen molar-refractivity contribution in [2.45, 2.75) is 107 Å². The molecule has 0 spiro atoms. The van der Waals surface area contributed by atoms with Crippen LogP contribution in [0.5, 0.6) is 0 Å². The molecule has 8 heteroatoms. The van der Waals surface area contributed by atoms with Crippen LogP contribution in [0.25, 0.3) is 0 Å². The Hall–Kier alpha value is -3.03. The summed E-state index contributed by atoms with van der Waals surface area (Å²) in [7, 11) is 1.92. The molecule has 0 saturated heterocycles. The Bertz CT molecular complexity index is 1090. The van der Waals surface area contributed by atoms with Crippen molar-refractivity contribution in [2.24, 2.45) is 24.8 Å². The summed E-state index contributed by atoms with van der Waals surface area (Å²) in [6.45, 7) is 27.2. The molecule has 3 aromatic heterocycles. The van der Waals surface area contributed by atoms with Crippen molar-refractivity contribution in [3.8, 4) is 0 Å². The van der Waals surface area contributed by atoms with Crippen molar-refractivity contribution in [3.05, 3.63) is 48.4 Å². The van der Waals surface area contributed by atoms with Crippen LogP contribution in [0.15, 0.2) is 42.7 Å². The van der Waals surface area contributed by atoms with Gasteiger partial charge in [-0.1, -0.05) is 68.4 Å². The molecule has 42 heavy (non-hydrogen) atoms. The minimum Gasteiger partial charge on any atom is -0.370 e. The average molecular weight is 583 g/mol. The zero-order chi connectivity index (χ0) is 31.7. The lowest BCUT2D eigenvalue weighted by Crippen LogP contribution is -2.15. The minimum atomic E-state index is 0.121. The van der Waals surface area contributed by atoms with Gasteiger partial charge < -0.3 is 16.0 Å². The highest BCUT2D eigenvalue weighted by molar-refractivity contribution is 5.36. The number of pyridine rings is 1. The molecule has 3 aromatic rings. The van der Waals surface area contributed by atoms with Crippen molar-refractivity contribution < 1.29 is 0 Å². The summed E-state index contributed by atoms with van der Waals surface area (Å²) in [6, 6.07) is 10.7. The third-order valence-electron chi connectivity index (χ3n) is 6.45. The molecule has 3 heterocycles. The number of aryl methyl sites for hydroxylation is 1. The summed E-state index contributed by atoms with van der Waals surface area (Å²) in [5.41, 5.74) is 1.26. The van der Waals surface area contributed by atoms with E-state index in [4.69, 9.17) is 0 Å². The maximum atomic E-state index is 4.63. The molecule has 0 bridgehead atoms. The van der Waals surface area contributed by atoms with Gasteiger partial charge in [0.1, 0.15) is 17.5 Å². The van der Waals surface area contributed by atoms with Gasteiger partial charge in [0.05, 0.1) is 0 Å². The summed E-state index contributed by atoms with van der Waals surface area (Å²) in [5, 5.41) is 18.6. The Morgan fingerprint density at radius 2 is 1.12 bits per heavy atom. The summed E-state index contributed by atoms with van der Waals surface area (Å²) in [4.78, 5) is 4.63. The summed E-state index contributed by atoms with van der Waals surface area (Å²) >= 11 is 0. The van der Waals surface area contributed by atoms with Gasteiger partial charge in [-0.2, -0.15) is 10.2 Å². The molecule has 0 saturated carbocycles. The van der Waals surface area contributed by atoms with E-state index in [2.05, 4.69) is 119 Å².